The van der Waals surface area contributed by atoms with Crippen LogP contribution in [0.15, 0.2) is 30.6 Å². The molecule has 0 amide bonds. The first-order valence-electron chi connectivity index (χ1n) is 8.45. The molecule has 1 aliphatic rings. The summed E-state index contributed by atoms with van der Waals surface area (Å²) in [5.74, 6) is 1.45. The zero-order chi connectivity index (χ0) is 17.6. The van der Waals surface area contributed by atoms with E-state index in [9.17, 15) is 0 Å². The van der Waals surface area contributed by atoms with Gasteiger partial charge in [0.2, 0.25) is 5.28 Å². The van der Waals surface area contributed by atoms with E-state index in [1.54, 1.807) is 6.33 Å². The normalized spacial score (nSPS) is 16.8. The Bertz CT molecular complexity index is 902. The van der Waals surface area contributed by atoms with Crippen molar-refractivity contribution in [1.82, 2.24) is 19.5 Å². The molecular weight excluding hydrogens is 357 g/mol. The second-order valence-corrected chi connectivity index (χ2v) is 7.44. The SMILES string of the molecule is CC(c1ccc(Cl)cc1)n1cnc2nc(Cl)nc(N[C@H](C)C3CC3)c21. The minimum absolute atomic E-state index is 0.0730. The Balaban J connectivity index is 1.77. The number of nitrogens with one attached hydrogen (secondary N) is 1. The van der Waals surface area contributed by atoms with Gasteiger partial charge in [-0.25, -0.2) is 4.98 Å². The maximum Gasteiger partial charge on any atom is 0.226 e. The molecule has 2 heterocycles. The zero-order valence-corrected chi connectivity index (χ0v) is 15.6. The second-order valence-electron chi connectivity index (χ2n) is 6.66. The lowest BCUT2D eigenvalue weighted by molar-refractivity contribution is 0.654. The van der Waals surface area contributed by atoms with E-state index in [0.717, 1.165) is 21.9 Å². The highest BCUT2D eigenvalue weighted by molar-refractivity contribution is 6.30. The monoisotopic (exact) mass is 375 g/mol. The summed E-state index contributed by atoms with van der Waals surface area (Å²) in [5, 5.41) is 4.45. The average molecular weight is 376 g/mol. The van der Waals surface area contributed by atoms with Crippen molar-refractivity contribution < 1.29 is 0 Å². The Labute approximate surface area is 156 Å². The standard InChI is InChI=1S/C18H19Cl2N5/c1-10(12-3-4-12)22-17-15-16(23-18(20)24-17)21-9-25(15)11(2)13-5-7-14(19)8-6-13/h5-12H,3-4H2,1-2H3,(H,22,23,24)/t10-,11?/m1/s1. The minimum atomic E-state index is 0.0730. The van der Waals surface area contributed by atoms with Gasteiger partial charge in [-0.1, -0.05) is 23.7 Å². The topological polar surface area (TPSA) is 55.6 Å². The van der Waals surface area contributed by atoms with Crippen LogP contribution < -0.4 is 5.32 Å². The molecule has 1 saturated carbocycles. The summed E-state index contributed by atoms with van der Waals surface area (Å²) in [6.07, 6.45) is 4.31. The van der Waals surface area contributed by atoms with Crippen molar-refractivity contribution in [3.63, 3.8) is 0 Å². The van der Waals surface area contributed by atoms with Gasteiger partial charge < -0.3 is 9.88 Å². The van der Waals surface area contributed by atoms with Crippen molar-refractivity contribution in [2.45, 2.75) is 38.8 Å². The fraction of sp³-hybridized carbons (Fsp3) is 0.389. The lowest BCUT2D eigenvalue weighted by atomic mass is 10.1. The number of aromatic nitrogens is 4. The van der Waals surface area contributed by atoms with Gasteiger partial charge in [-0.05, 0) is 61.9 Å². The molecule has 0 aliphatic heterocycles. The first-order chi connectivity index (χ1) is 12.0. The van der Waals surface area contributed by atoms with E-state index < -0.39 is 0 Å². The van der Waals surface area contributed by atoms with Crippen molar-refractivity contribution in [2.75, 3.05) is 5.32 Å². The van der Waals surface area contributed by atoms with E-state index >= 15 is 0 Å². The molecular formula is C18H19Cl2N5. The molecule has 0 bridgehead atoms. The lowest BCUT2D eigenvalue weighted by Crippen LogP contribution is -2.19. The van der Waals surface area contributed by atoms with Crippen LogP contribution in [0.1, 0.15) is 38.3 Å². The third-order valence-electron chi connectivity index (χ3n) is 4.86. The van der Waals surface area contributed by atoms with Gasteiger partial charge in [0.05, 0.1) is 12.4 Å². The summed E-state index contributed by atoms with van der Waals surface area (Å²) in [5.41, 5.74) is 2.62. The van der Waals surface area contributed by atoms with Crippen LogP contribution in [0.25, 0.3) is 11.2 Å². The van der Waals surface area contributed by atoms with E-state index in [-0.39, 0.29) is 11.3 Å². The van der Waals surface area contributed by atoms with Crippen molar-refractivity contribution in [3.05, 3.63) is 46.5 Å². The molecule has 2 aromatic heterocycles. The molecule has 1 aliphatic carbocycles. The first kappa shape index (κ1) is 16.6. The van der Waals surface area contributed by atoms with Gasteiger partial charge in [0.1, 0.15) is 5.52 Å². The summed E-state index contributed by atoms with van der Waals surface area (Å²) in [4.78, 5) is 13.1. The molecule has 7 heteroatoms. The number of fused-ring (bicyclic) bond motifs is 1. The van der Waals surface area contributed by atoms with Crippen LogP contribution in [0.2, 0.25) is 10.3 Å². The number of anilines is 1. The molecule has 0 saturated heterocycles. The van der Waals surface area contributed by atoms with Crippen molar-refractivity contribution >= 4 is 40.2 Å². The molecule has 1 fully saturated rings. The largest absolute Gasteiger partial charge is 0.365 e. The Kier molecular flexibility index (Phi) is 4.29. The van der Waals surface area contributed by atoms with E-state index in [2.05, 4.69) is 38.7 Å². The van der Waals surface area contributed by atoms with E-state index in [0.29, 0.717) is 17.6 Å². The van der Waals surface area contributed by atoms with Crippen LogP contribution in [-0.2, 0) is 0 Å². The van der Waals surface area contributed by atoms with E-state index in [4.69, 9.17) is 23.2 Å². The van der Waals surface area contributed by atoms with Crippen molar-refractivity contribution in [3.8, 4) is 0 Å². The smallest absolute Gasteiger partial charge is 0.226 e. The van der Waals surface area contributed by atoms with Gasteiger partial charge in [0.25, 0.3) is 0 Å². The Morgan fingerprint density at radius 2 is 1.84 bits per heavy atom. The average Bonchev–Trinajstić information content (AvgIpc) is 3.35. The predicted octanol–water partition coefficient (Wildman–Crippen LogP) is 4.95. The van der Waals surface area contributed by atoms with Gasteiger partial charge in [-0.3, -0.25) is 0 Å². The van der Waals surface area contributed by atoms with Crippen LogP contribution in [0.3, 0.4) is 0 Å². The zero-order valence-electron chi connectivity index (χ0n) is 14.1. The number of halogens is 2. The summed E-state index contributed by atoms with van der Waals surface area (Å²) in [6, 6.07) is 8.26. The van der Waals surface area contributed by atoms with Crippen LogP contribution in [-0.4, -0.2) is 25.6 Å². The van der Waals surface area contributed by atoms with Crippen molar-refractivity contribution in [1.29, 1.82) is 0 Å². The van der Waals surface area contributed by atoms with E-state index in [1.807, 2.05) is 24.3 Å². The highest BCUT2D eigenvalue weighted by atomic mass is 35.5. The highest BCUT2D eigenvalue weighted by Gasteiger charge is 2.29. The molecule has 25 heavy (non-hydrogen) atoms. The summed E-state index contributed by atoms with van der Waals surface area (Å²) in [7, 11) is 0. The summed E-state index contributed by atoms with van der Waals surface area (Å²) in [6.45, 7) is 4.30. The third kappa shape index (κ3) is 3.31. The van der Waals surface area contributed by atoms with Gasteiger partial charge in [0, 0.05) is 11.1 Å². The molecule has 1 unspecified atom stereocenters. The lowest BCUT2D eigenvalue weighted by Gasteiger charge is -2.19. The molecule has 4 rings (SSSR count). The summed E-state index contributed by atoms with van der Waals surface area (Å²) < 4.78 is 2.08. The number of imidazole rings is 1. The molecule has 0 spiro atoms. The molecule has 1 N–H and O–H groups in total. The number of hydrogen-bond acceptors (Lipinski definition) is 4. The molecule has 0 radical (unpaired) electrons. The second kappa shape index (κ2) is 6.46. The maximum absolute atomic E-state index is 6.10. The van der Waals surface area contributed by atoms with E-state index in [1.165, 1.54) is 12.8 Å². The van der Waals surface area contributed by atoms with Gasteiger partial charge in [0.15, 0.2) is 11.5 Å². The number of benzene rings is 1. The quantitative estimate of drug-likeness (QED) is 0.640. The van der Waals surface area contributed by atoms with Gasteiger partial charge >= 0.3 is 0 Å². The summed E-state index contributed by atoms with van der Waals surface area (Å²) >= 11 is 12.1. The number of rotatable bonds is 5. The molecule has 1 aromatic carbocycles. The fourth-order valence-electron chi connectivity index (χ4n) is 3.14. The van der Waals surface area contributed by atoms with Crippen molar-refractivity contribution in [2.24, 2.45) is 5.92 Å². The molecule has 5 nitrogen and oxygen atoms in total. The molecule has 2 atom stereocenters. The van der Waals surface area contributed by atoms with Crippen LogP contribution in [0, 0.1) is 5.92 Å². The molecule has 130 valence electrons. The Morgan fingerprint density at radius 1 is 1.12 bits per heavy atom. The predicted molar refractivity (Wildman–Crippen MR) is 101 cm³/mol. The maximum atomic E-state index is 6.10. The van der Waals surface area contributed by atoms with Crippen LogP contribution in [0.5, 0.6) is 0 Å². The Hall–Kier alpha value is -1.85. The third-order valence-corrected chi connectivity index (χ3v) is 5.29. The highest BCUT2D eigenvalue weighted by Crippen LogP contribution is 2.35. The van der Waals surface area contributed by atoms with Gasteiger partial charge in [-0.2, -0.15) is 9.97 Å². The van der Waals surface area contributed by atoms with Crippen LogP contribution >= 0.6 is 23.2 Å². The number of nitrogens with zero attached hydrogens (tertiary/aromatic N) is 4. The fourth-order valence-corrected chi connectivity index (χ4v) is 3.44. The minimum Gasteiger partial charge on any atom is -0.365 e. The molecule has 3 aromatic rings. The van der Waals surface area contributed by atoms with Gasteiger partial charge in [-0.15, -0.1) is 0 Å². The van der Waals surface area contributed by atoms with Crippen LogP contribution in [0.4, 0.5) is 5.82 Å². The first-order valence-corrected chi connectivity index (χ1v) is 9.20. The number of hydrogen-bond donors (Lipinski definition) is 1. The Morgan fingerprint density at radius 3 is 2.52 bits per heavy atom.